The molecule has 0 radical (unpaired) electrons. The number of hydrogen-bond donors (Lipinski definition) is 1. The van der Waals surface area contributed by atoms with Crippen molar-refractivity contribution in [3.05, 3.63) is 59.2 Å². The van der Waals surface area contributed by atoms with Crippen LogP contribution in [-0.2, 0) is 14.3 Å². The number of carbonyl (C=O) groups excluding carboxylic acids is 3. The summed E-state index contributed by atoms with van der Waals surface area (Å²) in [6.07, 6.45) is -0.239. The summed E-state index contributed by atoms with van der Waals surface area (Å²) in [7, 11) is 0. The smallest absolute Gasteiger partial charge is 0.344 e. The number of hydrogen-bond acceptors (Lipinski definition) is 5. The average molecular weight is 355 g/mol. The Morgan fingerprint density at radius 3 is 2.27 bits per heavy atom. The van der Waals surface area contributed by atoms with Gasteiger partial charge in [-0.25, -0.2) is 4.79 Å². The van der Waals surface area contributed by atoms with Gasteiger partial charge < -0.3 is 14.8 Å². The molecule has 1 amide bonds. The minimum Gasteiger partial charge on any atom is -0.482 e. The summed E-state index contributed by atoms with van der Waals surface area (Å²) in [4.78, 5) is 34.7. The largest absolute Gasteiger partial charge is 0.482 e. The van der Waals surface area contributed by atoms with Crippen LogP contribution in [-0.4, -0.2) is 30.9 Å². The molecule has 0 saturated heterocycles. The number of aldehydes is 1. The van der Waals surface area contributed by atoms with Crippen molar-refractivity contribution >= 4 is 23.9 Å². The highest BCUT2D eigenvalue weighted by Gasteiger charge is 2.19. The molecule has 0 aliphatic rings. The molecule has 6 heteroatoms. The third-order valence-corrected chi connectivity index (χ3v) is 3.78. The third kappa shape index (κ3) is 5.17. The zero-order chi connectivity index (χ0) is 19.1. The first-order valence-electron chi connectivity index (χ1n) is 8.15. The van der Waals surface area contributed by atoms with Gasteiger partial charge in [-0.15, -0.1) is 0 Å². The molecule has 2 aromatic carbocycles. The zero-order valence-electron chi connectivity index (χ0n) is 14.9. The maximum Gasteiger partial charge on any atom is 0.344 e. The number of anilines is 1. The van der Waals surface area contributed by atoms with Gasteiger partial charge in [0.1, 0.15) is 12.0 Å². The van der Waals surface area contributed by atoms with Gasteiger partial charge in [-0.1, -0.05) is 18.2 Å². The number of amides is 1. The Hall–Kier alpha value is -3.15. The van der Waals surface area contributed by atoms with E-state index in [0.717, 1.165) is 11.1 Å². The molecule has 1 atom stereocenters. The number of rotatable bonds is 7. The number of esters is 1. The van der Waals surface area contributed by atoms with Crippen LogP contribution in [0.15, 0.2) is 42.5 Å². The van der Waals surface area contributed by atoms with E-state index in [1.165, 1.54) is 6.92 Å². The Morgan fingerprint density at radius 2 is 1.69 bits per heavy atom. The topological polar surface area (TPSA) is 81.7 Å². The second-order valence-corrected chi connectivity index (χ2v) is 5.86. The van der Waals surface area contributed by atoms with E-state index in [2.05, 4.69) is 5.32 Å². The van der Waals surface area contributed by atoms with Gasteiger partial charge >= 0.3 is 5.97 Å². The third-order valence-electron chi connectivity index (χ3n) is 3.78. The van der Waals surface area contributed by atoms with Gasteiger partial charge in [0.05, 0.1) is 0 Å². The Morgan fingerprint density at radius 1 is 1.08 bits per heavy atom. The molecule has 0 saturated carbocycles. The Kier molecular flexibility index (Phi) is 6.49. The van der Waals surface area contributed by atoms with Crippen molar-refractivity contribution in [1.82, 2.24) is 0 Å². The highest BCUT2D eigenvalue weighted by molar-refractivity contribution is 5.96. The molecular formula is C20H21NO5. The Labute approximate surface area is 152 Å². The summed E-state index contributed by atoms with van der Waals surface area (Å²) < 4.78 is 10.4. The summed E-state index contributed by atoms with van der Waals surface area (Å²) in [5.41, 5.74) is 3.08. The van der Waals surface area contributed by atoms with Gasteiger partial charge in [0.25, 0.3) is 5.91 Å². The quantitative estimate of drug-likeness (QED) is 0.610. The van der Waals surface area contributed by atoms with E-state index in [1.54, 1.807) is 24.3 Å². The summed E-state index contributed by atoms with van der Waals surface area (Å²) in [6, 6.07) is 12.0. The van der Waals surface area contributed by atoms with Gasteiger partial charge in [-0.2, -0.15) is 0 Å². The van der Waals surface area contributed by atoms with Crippen molar-refractivity contribution in [2.24, 2.45) is 0 Å². The monoisotopic (exact) mass is 355 g/mol. The van der Waals surface area contributed by atoms with Crippen molar-refractivity contribution in [1.29, 1.82) is 0 Å². The highest BCUT2D eigenvalue weighted by atomic mass is 16.6. The SMILES string of the molecule is Cc1cccc(C)c1NC(=O)[C@@H](C)OC(=O)COc1ccc(C=O)cc1. The molecule has 0 fully saturated rings. The van der Waals surface area contributed by atoms with Gasteiger partial charge in [0, 0.05) is 11.3 Å². The molecule has 0 bridgehead atoms. The van der Waals surface area contributed by atoms with Gasteiger partial charge in [-0.05, 0) is 56.2 Å². The normalized spacial score (nSPS) is 11.3. The van der Waals surface area contributed by atoms with Crippen LogP contribution in [0.3, 0.4) is 0 Å². The van der Waals surface area contributed by atoms with E-state index in [-0.39, 0.29) is 6.61 Å². The van der Waals surface area contributed by atoms with Crippen molar-refractivity contribution in [3.63, 3.8) is 0 Å². The van der Waals surface area contributed by atoms with Crippen LogP contribution in [0.25, 0.3) is 0 Å². The lowest BCUT2D eigenvalue weighted by Crippen LogP contribution is -2.32. The predicted molar refractivity (Wildman–Crippen MR) is 97.4 cm³/mol. The number of nitrogens with one attached hydrogen (secondary N) is 1. The summed E-state index contributed by atoms with van der Waals surface area (Å²) >= 11 is 0. The van der Waals surface area contributed by atoms with Gasteiger partial charge in [0.15, 0.2) is 12.7 Å². The first-order valence-corrected chi connectivity index (χ1v) is 8.15. The molecule has 2 rings (SSSR count). The predicted octanol–water partition coefficient (Wildman–Crippen LogP) is 3.07. The molecule has 0 aliphatic carbocycles. The number of para-hydroxylation sites is 1. The summed E-state index contributed by atoms with van der Waals surface area (Å²) in [5, 5.41) is 2.78. The highest BCUT2D eigenvalue weighted by Crippen LogP contribution is 2.19. The standard InChI is InChI=1S/C20H21NO5/c1-13-5-4-6-14(2)19(13)21-20(24)15(3)26-18(23)12-25-17-9-7-16(11-22)8-10-17/h4-11,15H,12H2,1-3H3,(H,21,24)/t15-/m1/s1. The van der Waals surface area contributed by atoms with Gasteiger partial charge in [-0.3, -0.25) is 9.59 Å². The zero-order valence-corrected chi connectivity index (χ0v) is 14.9. The van der Waals surface area contributed by atoms with Crippen LogP contribution in [0.4, 0.5) is 5.69 Å². The molecular weight excluding hydrogens is 334 g/mol. The summed E-state index contributed by atoms with van der Waals surface area (Å²) in [6.45, 7) is 4.95. The molecule has 6 nitrogen and oxygen atoms in total. The first kappa shape index (κ1) is 19.2. The first-order chi connectivity index (χ1) is 12.4. The molecule has 26 heavy (non-hydrogen) atoms. The fourth-order valence-electron chi connectivity index (χ4n) is 2.31. The van der Waals surface area contributed by atoms with Crippen molar-refractivity contribution < 1.29 is 23.9 Å². The molecule has 0 unspecified atom stereocenters. The lowest BCUT2D eigenvalue weighted by atomic mass is 10.1. The number of benzene rings is 2. The average Bonchev–Trinajstić information content (AvgIpc) is 2.63. The Bertz CT molecular complexity index is 778. The van der Waals surface area contributed by atoms with Crippen LogP contribution >= 0.6 is 0 Å². The summed E-state index contributed by atoms with van der Waals surface area (Å²) in [5.74, 6) is -0.639. The van der Waals surface area contributed by atoms with Crippen LogP contribution in [0.1, 0.15) is 28.4 Å². The van der Waals surface area contributed by atoms with Crippen LogP contribution < -0.4 is 10.1 Å². The fraction of sp³-hybridized carbons (Fsp3) is 0.250. The van der Waals surface area contributed by atoms with E-state index < -0.39 is 18.0 Å². The molecule has 0 aliphatic heterocycles. The lowest BCUT2D eigenvalue weighted by molar-refractivity contribution is -0.155. The molecule has 0 spiro atoms. The maximum atomic E-state index is 12.2. The van der Waals surface area contributed by atoms with E-state index >= 15 is 0 Å². The number of ether oxygens (including phenoxy) is 2. The van der Waals surface area contributed by atoms with Crippen molar-refractivity contribution in [3.8, 4) is 5.75 Å². The van der Waals surface area contributed by atoms with E-state index in [4.69, 9.17) is 9.47 Å². The van der Waals surface area contributed by atoms with E-state index in [1.807, 2.05) is 32.0 Å². The molecule has 0 heterocycles. The number of aryl methyl sites for hydroxylation is 2. The van der Waals surface area contributed by atoms with Crippen LogP contribution in [0.2, 0.25) is 0 Å². The second-order valence-electron chi connectivity index (χ2n) is 5.86. The maximum absolute atomic E-state index is 12.2. The Balaban J connectivity index is 1.85. The van der Waals surface area contributed by atoms with E-state index in [0.29, 0.717) is 23.3 Å². The minimum absolute atomic E-state index is 0.332. The van der Waals surface area contributed by atoms with Crippen molar-refractivity contribution in [2.75, 3.05) is 11.9 Å². The van der Waals surface area contributed by atoms with E-state index in [9.17, 15) is 14.4 Å². The molecule has 2 aromatic rings. The van der Waals surface area contributed by atoms with Crippen LogP contribution in [0, 0.1) is 13.8 Å². The number of carbonyl (C=O) groups is 3. The molecule has 136 valence electrons. The fourth-order valence-corrected chi connectivity index (χ4v) is 2.31. The molecule has 1 N–H and O–H groups in total. The lowest BCUT2D eigenvalue weighted by Gasteiger charge is -2.16. The molecule has 0 aromatic heterocycles. The van der Waals surface area contributed by atoms with Gasteiger partial charge in [0.2, 0.25) is 0 Å². The minimum atomic E-state index is -0.956. The second kappa shape index (κ2) is 8.80. The van der Waals surface area contributed by atoms with Crippen LogP contribution in [0.5, 0.6) is 5.75 Å². The van der Waals surface area contributed by atoms with Crippen molar-refractivity contribution in [2.45, 2.75) is 26.9 Å².